The van der Waals surface area contributed by atoms with Gasteiger partial charge in [-0.05, 0) is 63.9 Å². The highest BCUT2D eigenvalue weighted by atomic mass is 15.2. The van der Waals surface area contributed by atoms with E-state index in [-0.39, 0.29) is 0 Å². The average molecular weight is 252 g/mol. The smallest absolute Gasteiger partial charge is 0.0476 e. The molecule has 0 bridgehead atoms. The highest BCUT2D eigenvalue weighted by Gasteiger charge is 2.37. The van der Waals surface area contributed by atoms with E-state index in [9.17, 15) is 0 Å². The van der Waals surface area contributed by atoms with Crippen molar-refractivity contribution in [3.05, 3.63) is 67.6 Å². The van der Waals surface area contributed by atoms with Gasteiger partial charge in [0.25, 0.3) is 0 Å². The van der Waals surface area contributed by atoms with Crippen molar-refractivity contribution in [2.24, 2.45) is 0 Å². The molecule has 3 atom stereocenters. The fourth-order valence-electron chi connectivity index (χ4n) is 3.33. The lowest BCUT2D eigenvalue weighted by molar-refractivity contribution is 0.237. The van der Waals surface area contributed by atoms with E-state index < -0.39 is 0 Å². The van der Waals surface area contributed by atoms with E-state index in [1.165, 1.54) is 24.4 Å². The van der Waals surface area contributed by atoms with Crippen molar-refractivity contribution in [1.29, 1.82) is 0 Å². The molecule has 99 valence electrons. The summed E-state index contributed by atoms with van der Waals surface area (Å²) in [5.41, 5.74) is 1.38. The number of hydrogen-bond donors (Lipinski definition) is 0. The second-order valence-electron chi connectivity index (χ2n) is 5.76. The lowest BCUT2D eigenvalue weighted by Gasteiger charge is -2.38. The quantitative estimate of drug-likeness (QED) is 0.769. The third-order valence-electron chi connectivity index (χ3n) is 4.37. The molecule has 0 aromatic heterocycles. The third-order valence-corrected chi connectivity index (χ3v) is 4.37. The van der Waals surface area contributed by atoms with Gasteiger partial charge >= 0.3 is 0 Å². The normalized spacial score (nSPS) is 33.7. The van der Waals surface area contributed by atoms with Crippen molar-refractivity contribution in [2.75, 3.05) is 0 Å². The largest absolute Gasteiger partial charge is 0.290 e. The van der Waals surface area contributed by atoms with Crippen LogP contribution in [0.3, 0.4) is 0 Å². The zero-order valence-electron chi connectivity index (χ0n) is 11.8. The first-order chi connectivity index (χ1) is 9.25. The Hall–Kier alpha value is -0.820. The molecule has 1 saturated carbocycles. The summed E-state index contributed by atoms with van der Waals surface area (Å²) in [7, 11) is 0. The van der Waals surface area contributed by atoms with E-state index in [2.05, 4.69) is 74.8 Å². The van der Waals surface area contributed by atoms with Crippen molar-refractivity contribution < 1.29 is 0 Å². The molecule has 19 heavy (non-hydrogen) atoms. The topological polar surface area (TPSA) is 3.24 Å². The van der Waals surface area contributed by atoms with Gasteiger partial charge in [0.2, 0.25) is 0 Å². The molecule has 0 N–H and O–H groups in total. The minimum absolute atomic E-state index is 0.418. The standard InChI is InChI=1S/C18H22N/c1-14-11-12-15(2)19(14)18-10-6-9-17(13-18)16-7-4-3-5-8-16/h3-10,13-15,17H,11-12H2,1-2H3/t14-,15-,17-/m1/s1. The Labute approximate surface area is 118 Å². The van der Waals surface area contributed by atoms with Crippen molar-refractivity contribution >= 4 is 0 Å². The summed E-state index contributed by atoms with van der Waals surface area (Å²) in [6.07, 6.45) is 11.8. The molecule has 0 unspecified atom stereocenters. The Morgan fingerprint density at radius 2 is 1.68 bits per heavy atom. The number of benzene rings is 1. The molecule has 1 aliphatic heterocycles. The predicted molar refractivity (Wildman–Crippen MR) is 79.6 cm³/mol. The summed E-state index contributed by atoms with van der Waals surface area (Å²) in [6, 6.07) is 13.5. The summed E-state index contributed by atoms with van der Waals surface area (Å²) in [4.78, 5) is 2.58. The number of likely N-dealkylation sites (tertiary alicyclic amines) is 1. The van der Waals surface area contributed by atoms with E-state index in [0.717, 1.165) is 0 Å². The van der Waals surface area contributed by atoms with Crippen LogP contribution in [0.4, 0.5) is 0 Å². The minimum atomic E-state index is 0.418. The molecule has 3 rings (SSSR count). The van der Waals surface area contributed by atoms with Crippen molar-refractivity contribution in [3.8, 4) is 0 Å². The molecule has 1 heteroatoms. The summed E-state index contributed by atoms with van der Waals surface area (Å²) >= 11 is 0. The van der Waals surface area contributed by atoms with Gasteiger partial charge in [0.05, 0.1) is 0 Å². The average Bonchev–Trinajstić information content (AvgIpc) is 2.79. The van der Waals surface area contributed by atoms with Crippen LogP contribution >= 0.6 is 0 Å². The molecule has 1 nitrogen and oxygen atoms in total. The number of hydrogen-bond acceptors (Lipinski definition) is 1. The first-order valence-corrected chi connectivity index (χ1v) is 7.32. The fourth-order valence-corrected chi connectivity index (χ4v) is 3.33. The minimum Gasteiger partial charge on any atom is -0.290 e. The maximum Gasteiger partial charge on any atom is 0.0476 e. The van der Waals surface area contributed by atoms with Crippen LogP contribution in [0, 0.1) is 31.7 Å². The predicted octanol–water partition coefficient (Wildman–Crippen LogP) is 4.01. The Morgan fingerprint density at radius 3 is 2.37 bits per heavy atom. The molecule has 1 aromatic carbocycles. The van der Waals surface area contributed by atoms with Gasteiger partial charge < -0.3 is 0 Å². The Morgan fingerprint density at radius 1 is 1.00 bits per heavy atom. The maximum absolute atomic E-state index is 2.58. The van der Waals surface area contributed by atoms with Crippen LogP contribution in [-0.4, -0.2) is 17.0 Å². The van der Waals surface area contributed by atoms with E-state index in [1.807, 2.05) is 0 Å². The van der Waals surface area contributed by atoms with Gasteiger partial charge in [-0.15, -0.1) is 0 Å². The monoisotopic (exact) mass is 252 g/mol. The summed E-state index contributed by atoms with van der Waals surface area (Å²) < 4.78 is 0. The maximum atomic E-state index is 2.58. The zero-order valence-corrected chi connectivity index (χ0v) is 11.8. The van der Waals surface area contributed by atoms with Crippen molar-refractivity contribution in [3.63, 3.8) is 0 Å². The van der Waals surface area contributed by atoms with Gasteiger partial charge in [-0.25, -0.2) is 0 Å². The van der Waals surface area contributed by atoms with Crippen LogP contribution in [0.2, 0.25) is 0 Å². The molecule has 1 aromatic rings. The number of nitrogens with zero attached hydrogens (tertiary/aromatic N) is 1. The summed E-state index contributed by atoms with van der Waals surface area (Å²) in [5, 5.41) is 0. The SMILES string of the molecule is C[C@@H]1CC[C@@H](C)N1[C]1[CH][CH][CH][C@@H](c2ccccc2)[CH]1. The molecule has 2 aliphatic rings. The van der Waals surface area contributed by atoms with Crippen LogP contribution < -0.4 is 0 Å². The second-order valence-corrected chi connectivity index (χ2v) is 5.76. The molecular weight excluding hydrogens is 230 g/mol. The Kier molecular flexibility index (Phi) is 3.93. The first kappa shape index (κ1) is 13.2. The molecule has 0 spiro atoms. The molecule has 0 amide bonds. The highest BCUT2D eigenvalue weighted by molar-refractivity contribution is 5.39. The van der Waals surface area contributed by atoms with E-state index in [4.69, 9.17) is 0 Å². The first-order valence-electron chi connectivity index (χ1n) is 7.32. The van der Waals surface area contributed by atoms with Gasteiger partial charge in [0.1, 0.15) is 0 Å². The van der Waals surface area contributed by atoms with Crippen LogP contribution in [0.1, 0.15) is 38.2 Å². The molecule has 1 saturated heterocycles. The van der Waals surface area contributed by atoms with Gasteiger partial charge in [-0.1, -0.05) is 30.3 Å². The number of rotatable bonds is 2. The van der Waals surface area contributed by atoms with Gasteiger partial charge in [0.15, 0.2) is 0 Å². The summed E-state index contributed by atoms with van der Waals surface area (Å²) in [6.45, 7) is 4.68. The zero-order chi connectivity index (χ0) is 13.2. The summed E-state index contributed by atoms with van der Waals surface area (Å²) in [5.74, 6) is 0.418. The third kappa shape index (κ3) is 2.72. The molecular formula is C18H22N. The second kappa shape index (κ2) is 5.66. The van der Waals surface area contributed by atoms with E-state index >= 15 is 0 Å². The molecule has 5 radical (unpaired) electrons. The van der Waals surface area contributed by atoms with Crippen molar-refractivity contribution in [1.82, 2.24) is 4.90 Å². The van der Waals surface area contributed by atoms with E-state index in [1.54, 1.807) is 0 Å². The van der Waals surface area contributed by atoms with Crippen LogP contribution in [0.5, 0.6) is 0 Å². The van der Waals surface area contributed by atoms with Gasteiger partial charge in [-0.2, -0.15) is 0 Å². The van der Waals surface area contributed by atoms with Crippen LogP contribution in [0.15, 0.2) is 30.3 Å². The molecule has 1 aliphatic carbocycles. The van der Waals surface area contributed by atoms with Gasteiger partial charge in [-0.3, -0.25) is 4.90 Å². The van der Waals surface area contributed by atoms with Crippen molar-refractivity contribution in [2.45, 2.75) is 44.7 Å². The van der Waals surface area contributed by atoms with Crippen LogP contribution in [0.25, 0.3) is 0 Å². The lowest BCUT2D eigenvalue weighted by atomic mass is 9.80. The van der Waals surface area contributed by atoms with Gasteiger partial charge in [0, 0.05) is 18.1 Å². The highest BCUT2D eigenvalue weighted by Crippen LogP contribution is 2.40. The molecule has 2 fully saturated rings. The fraction of sp³-hybridized carbons (Fsp3) is 0.389. The lowest BCUT2D eigenvalue weighted by Crippen LogP contribution is -2.39. The van der Waals surface area contributed by atoms with E-state index in [0.29, 0.717) is 18.0 Å². The Balaban J connectivity index is 1.71. The molecule has 1 heterocycles. The Bertz CT molecular complexity index is 389. The van der Waals surface area contributed by atoms with Crippen LogP contribution in [-0.2, 0) is 0 Å².